The molecule has 1 saturated carbocycles. The zero-order valence-electron chi connectivity index (χ0n) is 13.5. The highest BCUT2D eigenvalue weighted by Crippen LogP contribution is 2.40. The minimum Gasteiger partial charge on any atom is -0.454 e. The largest absolute Gasteiger partial charge is 0.454 e. The number of carbonyl (C=O) groups is 1. The van der Waals surface area contributed by atoms with Gasteiger partial charge in [0.15, 0.2) is 11.5 Å². The van der Waals surface area contributed by atoms with Crippen molar-refractivity contribution in [3.05, 3.63) is 58.9 Å². The molecule has 1 fully saturated rings. The van der Waals surface area contributed by atoms with Crippen LogP contribution >= 0.6 is 11.6 Å². The molecule has 25 heavy (non-hydrogen) atoms. The first kappa shape index (κ1) is 16.0. The molecule has 1 aromatic carbocycles. The molecule has 6 heteroatoms. The van der Waals surface area contributed by atoms with E-state index in [-0.39, 0.29) is 12.7 Å². The first-order valence-electron chi connectivity index (χ1n) is 8.18. The fraction of sp³-hybridized carbons (Fsp3) is 0.263. The summed E-state index contributed by atoms with van der Waals surface area (Å²) in [5.41, 5.74) is 1.69. The molecule has 0 atom stereocenters. The average molecular weight is 357 g/mol. The Hall–Kier alpha value is -2.53. The van der Waals surface area contributed by atoms with E-state index in [9.17, 15) is 4.79 Å². The molecular formula is C19H17ClN2O3. The molecule has 2 aromatic rings. The summed E-state index contributed by atoms with van der Waals surface area (Å²) in [6.07, 6.45) is 7.17. The molecule has 1 aliphatic carbocycles. The van der Waals surface area contributed by atoms with Crippen molar-refractivity contribution in [3.8, 4) is 11.5 Å². The fourth-order valence-electron chi connectivity index (χ4n) is 2.79. The number of pyridine rings is 1. The zero-order valence-corrected chi connectivity index (χ0v) is 14.3. The van der Waals surface area contributed by atoms with Crippen LogP contribution in [0.25, 0.3) is 6.08 Å². The van der Waals surface area contributed by atoms with Gasteiger partial charge in [0.1, 0.15) is 0 Å². The molecule has 0 bridgehead atoms. The molecule has 5 nitrogen and oxygen atoms in total. The van der Waals surface area contributed by atoms with E-state index in [0.717, 1.165) is 24.1 Å². The van der Waals surface area contributed by atoms with Gasteiger partial charge in [-0.3, -0.25) is 9.78 Å². The van der Waals surface area contributed by atoms with Crippen LogP contribution in [0.4, 0.5) is 0 Å². The van der Waals surface area contributed by atoms with Crippen LogP contribution in [-0.4, -0.2) is 28.6 Å². The summed E-state index contributed by atoms with van der Waals surface area (Å²) >= 11 is 6.18. The third-order valence-corrected chi connectivity index (χ3v) is 4.48. The lowest BCUT2D eigenvalue weighted by molar-refractivity contribution is -0.127. The van der Waals surface area contributed by atoms with E-state index in [1.165, 1.54) is 0 Å². The minimum atomic E-state index is -0.0260. The SMILES string of the molecule is O=C(/C=C/c1cc(Cl)c2c(c1)OCO2)N(Cc1ccccn1)C1CC1. The van der Waals surface area contributed by atoms with E-state index in [1.807, 2.05) is 29.2 Å². The lowest BCUT2D eigenvalue weighted by atomic mass is 10.2. The Bertz CT molecular complexity index is 819. The van der Waals surface area contributed by atoms with Gasteiger partial charge >= 0.3 is 0 Å². The normalized spacial score (nSPS) is 15.6. The molecular weight excluding hydrogens is 340 g/mol. The van der Waals surface area contributed by atoms with E-state index < -0.39 is 0 Å². The minimum absolute atomic E-state index is 0.0260. The highest BCUT2D eigenvalue weighted by molar-refractivity contribution is 6.32. The van der Waals surface area contributed by atoms with Crippen molar-refractivity contribution >= 4 is 23.6 Å². The second-order valence-electron chi connectivity index (χ2n) is 6.09. The van der Waals surface area contributed by atoms with Crippen LogP contribution in [0.2, 0.25) is 5.02 Å². The summed E-state index contributed by atoms with van der Waals surface area (Å²) in [5, 5.41) is 0.481. The van der Waals surface area contributed by atoms with Gasteiger partial charge in [0, 0.05) is 18.3 Å². The molecule has 1 aliphatic heterocycles. The number of hydrogen-bond acceptors (Lipinski definition) is 4. The number of benzene rings is 1. The maximum absolute atomic E-state index is 12.6. The number of nitrogens with zero attached hydrogens (tertiary/aromatic N) is 2. The van der Waals surface area contributed by atoms with Crippen molar-refractivity contribution in [2.75, 3.05) is 6.79 Å². The number of aromatic nitrogens is 1. The first-order chi connectivity index (χ1) is 12.2. The predicted octanol–water partition coefficient (Wildman–Crippen LogP) is 3.67. The van der Waals surface area contributed by atoms with Crippen LogP contribution in [0.3, 0.4) is 0 Å². The van der Waals surface area contributed by atoms with Gasteiger partial charge in [-0.2, -0.15) is 0 Å². The maximum atomic E-state index is 12.6. The molecule has 1 amide bonds. The number of carbonyl (C=O) groups excluding carboxylic acids is 1. The van der Waals surface area contributed by atoms with Gasteiger partial charge in [-0.05, 0) is 48.7 Å². The summed E-state index contributed by atoms with van der Waals surface area (Å²) in [5.74, 6) is 1.13. The number of hydrogen-bond donors (Lipinski definition) is 0. The van der Waals surface area contributed by atoms with Crippen LogP contribution in [0.15, 0.2) is 42.6 Å². The monoisotopic (exact) mass is 356 g/mol. The van der Waals surface area contributed by atoms with Crippen LogP contribution in [0.1, 0.15) is 24.1 Å². The number of halogens is 1. The van der Waals surface area contributed by atoms with E-state index in [4.69, 9.17) is 21.1 Å². The molecule has 0 saturated heterocycles. The van der Waals surface area contributed by atoms with Gasteiger partial charge in [0.25, 0.3) is 0 Å². The Morgan fingerprint density at radius 3 is 2.96 bits per heavy atom. The van der Waals surface area contributed by atoms with Gasteiger partial charge in [-0.15, -0.1) is 0 Å². The van der Waals surface area contributed by atoms with E-state index in [0.29, 0.717) is 29.1 Å². The van der Waals surface area contributed by atoms with Crippen LogP contribution in [0, 0.1) is 0 Å². The highest BCUT2D eigenvalue weighted by Gasteiger charge is 2.31. The third-order valence-electron chi connectivity index (χ3n) is 4.20. The van der Waals surface area contributed by atoms with E-state index in [1.54, 1.807) is 24.4 Å². The smallest absolute Gasteiger partial charge is 0.247 e. The van der Waals surface area contributed by atoms with Crippen molar-refractivity contribution in [2.45, 2.75) is 25.4 Å². The summed E-state index contributed by atoms with van der Waals surface area (Å²) in [7, 11) is 0. The van der Waals surface area contributed by atoms with Gasteiger partial charge in [-0.1, -0.05) is 17.7 Å². The lowest BCUT2D eigenvalue weighted by Gasteiger charge is -2.20. The van der Waals surface area contributed by atoms with Gasteiger partial charge < -0.3 is 14.4 Å². The molecule has 0 N–H and O–H groups in total. The average Bonchev–Trinajstić information content (AvgIpc) is 3.35. The number of rotatable bonds is 5. The second kappa shape index (κ2) is 6.76. The predicted molar refractivity (Wildman–Crippen MR) is 94.4 cm³/mol. The standard InChI is InChI=1S/C19H17ClN2O3/c20-16-9-13(10-17-19(16)25-12-24-17)4-7-18(23)22(15-5-6-15)11-14-3-1-2-8-21-14/h1-4,7-10,15H,5-6,11-12H2/b7-4+. The van der Waals surface area contributed by atoms with Crippen LogP contribution in [0.5, 0.6) is 11.5 Å². The van der Waals surface area contributed by atoms with Gasteiger partial charge in [-0.25, -0.2) is 0 Å². The molecule has 1 aromatic heterocycles. The number of amides is 1. The quantitative estimate of drug-likeness (QED) is 0.767. The molecule has 128 valence electrons. The Morgan fingerprint density at radius 2 is 2.20 bits per heavy atom. The third kappa shape index (κ3) is 3.61. The molecule has 0 spiro atoms. The van der Waals surface area contributed by atoms with Gasteiger partial charge in [0.2, 0.25) is 12.7 Å². The van der Waals surface area contributed by atoms with Crippen molar-refractivity contribution < 1.29 is 14.3 Å². The molecule has 0 unspecified atom stereocenters. The van der Waals surface area contributed by atoms with Crippen molar-refractivity contribution in [3.63, 3.8) is 0 Å². The highest BCUT2D eigenvalue weighted by atomic mass is 35.5. The van der Waals surface area contributed by atoms with E-state index >= 15 is 0 Å². The second-order valence-corrected chi connectivity index (χ2v) is 6.50. The van der Waals surface area contributed by atoms with Gasteiger partial charge in [0.05, 0.1) is 17.3 Å². The summed E-state index contributed by atoms with van der Waals surface area (Å²) in [6, 6.07) is 9.62. The number of fused-ring (bicyclic) bond motifs is 1. The molecule has 2 heterocycles. The zero-order chi connectivity index (χ0) is 17.2. The first-order valence-corrected chi connectivity index (χ1v) is 8.56. The van der Waals surface area contributed by atoms with Crippen LogP contribution < -0.4 is 9.47 Å². The maximum Gasteiger partial charge on any atom is 0.247 e. The fourth-order valence-corrected chi connectivity index (χ4v) is 3.06. The summed E-state index contributed by atoms with van der Waals surface area (Å²) in [4.78, 5) is 18.8. The molecule has 0 radical (unpaired) electrons. The lowest BCUT2D eigenvalue weighted by Crippen LogP contribution is -2.31. The summed E-state index contributed by atoms with van der Waals surface area (Å²) < 4.78 is 10.7. The summed E-state index contributed by atoms with van der Waals surface area (Å²) in [6.45, 7) is 0.692. The molecule has 4 rings (SSSR count). The number of ether oxygens (including phenoxy) is 2. The van der Waals surface area contributed by atoms with Crippen molar-refractivity contribution in [1.82, 2.24) is 9.88 Å². The van der Waals surface area contributed by atoms with E-state index in [2.05, 4.69) is 4.98 Å². The Labute approximate surface area is 150 Å². The topological polar surface area (TPSA) is 51.7 Å². The van der Waals surface area contributed by atoms with Crippen LogP contribution in [-0.2, 0) is 11.3 Å². The Kier molecular flexibility index (Phi) is 4.32. The molecule has 2 aliphatic rings. The van der Waals surface area contributed by atoms with Crippen molar-refractivity contribution in [1.29, 1.82) is 0 Å². The Balaban J connectivity index is 1.50. The van der Waals surface area contributed by atoms with Crippen molar-refractivity contribution in [2.24, 2.45) is 0 Å². The Morgan fingerprint density at radius 1 is 1.32 bits per heavy atom.